The smallest absolute Gasteiger partial charge is 0.410 e. The second-order valence-electron chi connectivity index (χ2n) is 8.21. The van der Waals surface area contributed by atoms with Crippen LogP contribution in [-0.2, 0) is 9.57 Å². The van der Waals surface area contributed by atoms with Gasteiger partial charge in [-0.3, -0.25) is 4.90 Å². The average molecular weight is 409 g/mol. The Morgan fingerprint density at radius 2 is 2.00 bits per heavy atom. The molecular weight excluding hydrogens is 376 g/mol. The highest BCUT2D eigenvalue weighted by molar-refractivity contribution is 7.07. The Morgan fingerprint density at radius 1 is 1.29 bits per heavy atom. The molecule has 2 fully saturated rings. The largest absolute Gasteiger partial charge is 0.444 e. The van der Waals surface area contributed by atoms with Crippen molar-refractivity contribution in [3.05, 3.63) is 16.6 Å². The summed E-state index contributed by atoms with van der Waals surface area (Å²) < 4.78 is 5.59. The first kappa shape index (κ1) is 21.0. The van der Waals surface area contributed by atoms with Crippen LogP contribution in [0.2, 0.25) is 0 Å². The van der Waals surface area contributed by atoms with Crippen molar-refractivity contribution in [3.63, 3.8) is 0 Å². The van der Waals surface area contributed by atoms with E-state index in [2.05, 4.69) is 15.0 Å². The summed E-state index contributed by atoms with van der Waals surface area (Å²) in [5.74, 6) is -0.0102. The lowest BCUT2D eigenvalue weighted by molar-refractivity contribution is -0.175. The van der Waals surface area contributed by atoms with Gasteiger partial charge in [0.05, 0.1) is 17.1 Å². The molecular formula is C20H32N4O3S. The van der Waals surface area contributed by atoms with E-state index in [1.165, 1.54) is 12.8 Å². The SMILES string of the molecule is CC.CC(C)(C)OC(=O)N1CCC2(N3CCCC3)ON=C(c3cscn3)C2C1. The van der Waals surface area contributed by atoms with Crippen LogP contribution in [0.25, 0.3) is 0 Å². The molecule has 8 heteroatoms. The van der Waals surface area contributed by atoms with Crippen molar-refractivity contribution < 1.29 is 14.4 Å². The maximum Gasteiger partial charge on any atom is 0.410 e. The topological polar surface area (TPSA) is 67.3 Å². The zero-order valence-electron chi connectivity index (χ0n) is 17.6. The number of thiazole rings is 1. The molecule has 2 unspecified atom stereocenters. The minimum absolute atomic E-state index is 0.0102. The molecule has 0 bridgehead atoms. The number of carbonyl (C=O) groups excluding carboxylic acids is 1. The van der Waals surface area contributed by atoms with E-state index in [0.29, 0.717) is 13.1 Å². The normalized spacial score (nSPS) is 27.4. The molecule has 0 N–H and O–H groups in total. The van der Waals surface area contributed by atoms with E-state index in [0.717, 1.165) is 30.9 Å². The number of carbonyl (C=O) groups is 1. The van der Waals surface area contributed by atoms with Gasteiger partial charge in [-0.2, -0.15) is 0 Å². The van der Waals surface area contributed by atoms with Gasteiger partial charge in [-0.1, -0.05) is 19.0 Å². The van der Waals surface area contributed by atoms with Crippen molar-refractivity contribution in [2.75, 3.05) is 26.2 Å². The predicted octanol–water partition coefficient (Wildman–Crippen LogP) is 3.95. The van der Waals surface area contributed by atoms with E-state index in [4.69, 9.17) is 9.57 Å². The highest BCUT2D eigenvalue weighted by atomic mass is 32.1. The van der Waals surface area contributed by atoms with Gasteiger partial charge in [0.25, 0.3) is 0 Å². The van der Waals surface area contributed by atoms with E-state index in [1.54, 1.807) is 16.2 Å². The van der Waals surface area contributed by atoms with Gasteiger partial charge in [-0.15, -0.1) is 11.3 Å². The number of oxime groups is 1. The minimum atomic E-state index is -0.501. The van der Waals surface area contributed by atoms with Crippen LogP contribution < -0.4 is 0 Å². The Morgan fingerprint density at radius 3 is 2.61 bits per heavy atom. The van der Waals surface area contributed by atoms with E-state index in [1.807, 2.05) is 45.5 Å². The number of hydrogen-bond acceptors (Lipinski definition) is 7. The van der Waals surface area contributed by atoms with Crippen LogP contribution in [0.5, 0.6) is 0 Å². The summed E-state index contributed by atoms with van der Waals surface area (Å²) in [6.45, 7) is 12.9. The molecule has 0 spiro atoms. The molecule has 3 aliphatic rings. The van der Waals surface area contributed by atoms with E-state index in [9.17, 15) is 4.79 Å². The summed E-state index contributed by atoms with van der Waals surface area (Å²) in [6.07, 6.45) is 2.82. The zero-order valence-corrected chi connectivity index (χ0v) is 18.4. The number of aromatic nitrogens is 1. The number of likely N-dealkylation sites (tertiary alicyclic amines) is 2. The molecule has 2 atom stereocenters. The Hall–Kier alpha value is -1.67. The molecule has 28 heavy (non-hydrogen) atoms. The predicted molar refractivity (Wildman–Crippen MR) is 111 cm³/mol. The molecule has 1 aromatic rings. The Balaban J connectivity index is 0.00000109. The highest BCUT2D eigenvalue weighted by Crippen LogP contribution is 2.43. The molecule has 156 valence electrons. The number of fused-ring (bicyclic) bond motifs is 1. The monoisotopic (exact) mass is 408 g/mol. The molecule has 0 aliphatic carbocycles. The lowest BCUT2D eigenvalue weighted by Gasteiger charge is -2.46. The second-order valence-corrected chi connectivity index (χ2v) is 8.93. The van der Waals surface area contributed by atoms with Crippen molar-refractivity contribution in [3.8, 4) is 0 Å². The maximum atomic E-state index is 12.6. The van der Waals surface area contributed by atoms with Crippen molar-refractivity contribution in [2.24, 2.45) is 11.1 Å². The van der Waals surface area contributed by atoms with Crippen molar-refractivity contribution >= 4 is 23.1 Å². The molecule has 0 radical (unpaired) electrons. The third kappa shape index (κ3) is 4.03. The number of ether oxygens (including phenoxy) is 1. The number of rotatable bonds is 2. The Bertz CT molecular complexity index is 695. The lowest BCUT2D eigenvalue weighted by atomic mass is 9.83. The number of piperidine rings is 1. The second kappa shape index (κ2) is 8.37. The highest BCUT2D eigenvalue weighted by Gasteiger charge is 2.57. The van der Waals surface area contributed by atoms with E-state index >= 15 is 0 Å². The number of amides is 1. The number of nitrogens with zero attached hydrogens (tertiary/aromatic N) is 4. The van der Waals surface area contributed by atoms with Gasteiger partial charge in [-0.25, -0.2) is 9.78 Å². The van der Waals surface area contributed by atoms with Gasteiger partial charge in [-0.05, 0) is 33.6 Å². The van der Waals surface area contributed by atoms with Crippen LogP contribution in [0.4, 0.5) is 4.79 Å². The standard InChI is InChI=1S/C18H26N4O3S.C2H6/c1-17(2,3)24-16(23)21-9-6-18(22-7-4-5-8-22)13(10-21)15(20-25-18)14-11-26-12-19-14;1-2/h11-13H,4-10H2,1-3H3;1-2H3. The fourth-order valence-corrected chi connectivity index (χ4v) is 4.66. The fraction of sp³-hybridized carbons (Fsp3) is 0.750. The van der Waals surface area contributed by atoms with Crippen LogP contribution in [0.3, 0.4) is 0 Å². The fourth-order valence-electron chi connectivity index (χ4n) is 4.11. The molecule has 4 rings (SSSR count). The minimum Gasteiger partial charge on any atom is -0.444 e. The number of hydrogen-bond donors (Lipinski definition) is 0. The van der Waals surface area contributed by atoms with Crippen LogP contribution in [0, 0.1) is 5.92 Å². The third-order valence-electron chi connectivity index (χ3n) is 5.31. The van der Waals surface area contributed by atoms with Gasteiger partial charge in [0.15, 0.2) is 0 Å². The summed E-state index contributed by atoms with van der Waals surface area (Å²) in [5, 5.41) is 6.44. The van der Waals surface area contributed by atoms with Gasteiger partial charge in [0, 0.05) is 38.0 Å². The van der Waals surface area contributed by atoms with Gasteiger partial charge in [0.2, 0.25) is 5.72 Å². The Labute approximate surface area is 171 Å². The van der Waals surface area contributed by atoms with Crippen LogP contribution in [0.15, 0.2) is 16.0 Å². The van der Waals surface area contributed by atoms with Crippen LogP contribution in [-0.4, -0.2) is 64.1 Å². The molecule has 4 heterocycles. The zero-order chi connectivity index (χ0) is 20.4. The first-order chi connectivity index (χ1) is 13.4. The molecule has 7 nitrogen and oxygen atoms in total. The summed E-state index contributed by atoms with van der Waals surface area (Å²) in [7, 11) is 0. The quantitative estimate of drug-likeness (QED) is 0.741. The van der Waals surface area contributed by atoms with Crippen molar-refractivity contribution in [1.82, 2.24) is 14.8 Å². The lowest BCUT2D eigenvalue weighted by Crippen LogP contribution is -2.62. The molecule has 1 amide bonds. The van der Waals surface area contributed by atoms with Crippen molar-refractivity contribution in [2.45, 2.75) is 65.2 Å². The summed E-state index contributed by atoms with van der Waals surface area (Å²) in [5.41, 5.74) is 2.56. The molecule has 1 aromatic heterocycles. The molecule has 0 aromatic carbocycles. The average Bonchev–Trinajstić information content (AvgIpc) is 3.40. The van der Waals surface area contributed by atoms with Gasteiger partial charge >= 0.3 is 6.09 Å². The van der Waals surface area contributed by atoms with Crippen molar-refractivity contribution in [1.29, 1.82) is 0 Å². The Kier molecular flexibility index (Phi) is 6.29. The van der Waals surface area contributed by atoms with E-state index in [-0.39, 0.29) is 12.0 Å². The van der Waals surface area contributed by atoms with Gasteiger partial charge in [0.1, 0.15) is 11.3 Å². The maximum absolute atomic E-state index is 12.6. The molecule has 3 aliphatic heterocycles. The summed E-state index contributed by atoms with van der Waals surface area (Å²) >= 11 is 1.55. The molecule has 0 saturated carbocycles. The van der Waals surface area contributed by atoms with Crippen LogP contribution >= 0.6 is 11.3 Å². The molecule has 2 saturated heterocycles. The third-order valence-corrected chi connectivity index (χ3v) is 5.89. The summed E-state index contributed by atoms with van der Waals surface area (Å²) in [4.78, 5) is 27.3. The van der Waals surface area contributed by atoms with Crippen LogP contribution in [0.1, 0.15) is 59.6 Å². The first-order valence-corrected chi connectivity index (χ1v) is 11.2. The van der Waals surface area contributed by atoms with E-state index < -0.39 is 11.3 Å². The van der Waals surface area contributed by atoms with Gasteiger partial charge < -0.3 is 14.5 Å². The first-order valence-electron chi connectivity index (χ1n) is 10.3. The summed E-state index contributed by atoms with van der Waals surface area (Å²) in [6, 6.07) is 0.